The van der Waals surface area contributed by atoms with Crippen molar-refractivity contribution in [2.24, 2.45) is 5.73 Å². The molecular weight excluding hydrogens is 430 g/mol. The lowest BCUT2D eigenvalue weighted by atomic mass is 10.1. The second-order valence-corrected chi connectivity index (χ2v) is 7.37. The first kappa shape index (κ1) is 22.0. The molecule has 1 saturated heterocycles. The summed E-state index contributed by atoms with van der Waals surface area (Å²) in [5, 5.41) is 18.6. The Hall–Kier alpha value is -4.25. The Kier molecular flexibility index (Phi) is 6.31. The highest BCUT2D eigenvalue weighted by atomic mass is 16.6. The molecule has 33 heavy (non-hydrogen) atoms. The molecule has 3 aromatic rings. The van der Waals surface area contributed by atoms with Crippen LogP contribution in [-0.4, -0.2) is 47.1 Å². The van der Waals surface area contributed by atoms with E-state index < -0.39 is 29.8 Å². The van der Waals surface area contributed by atoms with Gasteiger partial charge in [0, 0.05) is 29.9 Å². The van der Waals surface area contributed by atoms with Crippen LogP contribution in [0.3, 0.4) is 0 Å². The fourth-order valence-electron chi connectivity index (χ4n) is 3.44. The highest BCUT2D eigenvalue weighted by Gasteiger charge is 2.34. The molecule has 0 radical (unpaired) electrons. The highest BCUT2D eigenvalue weighted by Crippen LogP contribution is 2.18. The van der Waals surface area contributed by atoms with Crippen LogP contribution in [0.15, 0.2) is 59.1 Å². The second-order valence-electron chi connectivity index (χ2n) is 7.37. The van der Waals surface area contributed by atoms with Crippen LogP contribution in [0.25, 0.3) is 5.69 Å². The van der Waals surface area contributed by atoms with Crippen LogP contribution < -0.4 is 20.8 Å². The molecule has 170 valence electrons. The third kappa shape index (κ3) is 4.99. The molecule has 2 heterocycles. The van der Waals surface area contributed by atoms with Gasteiger partial charge in [0.1, 0.15) is 12.6 Å². The number of amides is 3. The van der Waals surface area contributed by atoms with E-state index in [0.29, 0.717) is 16.9 Å². The van der Waals surface area contributed by atoms with Gasteiger partial charge >= 0.3 is 0 Å². The van der Waals surface area contributed by atoms with Gasteiger partial charge in [0.05, 0.1) is 18.3 Å². The number of nitrogens with two attached hydrogens (primary N) is 1. The van der Waals surface area contributed by atoms with E-state index >= 15 is 0 Å². The van der Waals surface area contributed by atoms with Crippen LogP contribution in [0.2, 0.25) is 0 Å². The number of hydrogen-bond donors (Lipinski definition) is 2. The third-order valence-electron chi connectivity index (χ3n) is 5.13. The summed E-state index contributed by atoms with van der Waals surface area (Å²) in [4.78, 5) is 37.9. The zero-order chi connectivity index (χ0) is 23.4. The Morgan fingerprint density at radius 2 is 1.91 bits per heavy atom. The van der Waals surface area contributed by atoms with Gasteiger partial charge in [-0.25, -0.2) is 0 Å². The Balaban J connectivity index is 1.41. The van der Waals surface area contributed by atoms with Gasteiger partial charge in [0.15, 0.2) is 5.95 Å². The predicted octanol–water partition coefficient (Wildman–Crippen LogP) is -0.120. The summed E-state index contributed by atoms with van der Waals surface area (Å²) in [6.45, 7) is 0.429. The van der Waals surface area contributed by atoms with Crippen LogP contribution in [0, 0.1) is 0 Å². The molecule has 11 nitrogen and oxygen atoms in total. The molecule has 3 N–H and O–H groups in total. The number of nitrogens with one attached hydrogen (secondary N) is 1. The molecule has 1 fully saturated rings. The number of hydrogen-bond acceptors (Lipinski definition) is 7. The van der Waals surface area contributed by atoms with Crippen molar-refractivity contribution in [2.75, 3.05) is 18.5 Å². The van der Waals surface area contributed by atoms with E-state index in [2.05, 4.69) is 10.6 Å². The zero-order valence-corrected chi connectivity index (χ0v) is 17.5. The maximum Gasteiger partial charge on any atom is 0.259 e. The third-order valence-corrected chi connectivity index (χ3v) is 5.13. The van der Waals surface area contributed by atoms with Crippen molar-refractivity contribution in [2.45, 2.75) is 19.1 Å². The number of para-hydroxylation sites is 1. The van der Waals surface area contributed by atoms with Gasteiger partial charge in [-0.05, 0) is 28.9 Å². The number of aromatic nitrogens is 2. The van der Waals surface area contributed by atoms with Crippen LogP contribution >= 0.6 is 0 Å². The zero-order valence-electron chi connectivity index (χ0n) is 17.5. The molecular formula is C22H21N5O6. The van der Waals surface area contributed by atoms with Gasteiger partial charge < -0.3 is 30.3 Å². The number of nitrogens with zero attached hydrogens (tertiary/aromatic N) is 3. The summed E-state index contributed by atoms with van der Waals surface area (Å²) in [5.74, 6) is -2.07. The number of benzene rings is 2. The molecule has 4 rings (SSSR count). The van der Waals surface area contributed by atoms with E-state index in [4.69, 9.17) is 15.0 Å². The van der Waals surface area contributed by atoms with E-state index in [9.17, 15) is 19.5 Å². The summed E-state index contributed by atoms with van der Waals surface area (Å²) in [5.41, 5.74) is 6.78. The maximum atomic E-state index is 12.9. The molecule has 0 spiro atoms. The summed E-state index contributed by atoms with van der Waals surface area (Å²) in [7, 11) is 0. The van der Waals surface area contributed by atoms with Crippen molar-refractivity contribution in [1.29, 1.82) is 0 Å². The van der Waals surface area contributed by atoms with Crippen molar-refractivity contribution in [1.82, 2.24) is 10.2 Å². The number of anilines is 1. The minimum absolute atomic E-state index is 0.0356. The normalized spacial score (nSPS) is 15.9. The minimum atomic E-state index is -0.996. The molecule has 0 bridgehead atoms. The summed E-state index contributed by atoms with van der Waals surface area (Å²) >= 11 is 0. The average molecular weight is 451 g/mol. The number of carbonyl (C=O) groups excluding carboxylic acids is 3. The summed E-state index contributed by atoms with van der Waals surface area (Å²) < 4.78 is 11.7. The van der Waals surface area contributed by atoms with E-state index in [1.807, 2.05) is 6.07 Å². The SMILES string of the molecule is NC(=O)c1ccc(NC(=O)CC2OCCN(Cc3c([O-])on[n+]3-c3ccccc3)C2=O)cc1. The van der Waals surface area contributed by atoms with Crippen molar-refractivity contribution in [3.63, 3.8) is 0 Å². The van der Waals surface area contributed by atoms with E-state index in [1.54, 1.807) is 24.3 Å². The van der Waals surface area contributed by atoms with E-state index in [-0.39, 0.29) is 31.8 Å². The van der Waals surface area contributed by atoms with Gasteiger partial charge in [-0.15, -0.1) is 0 Å². The van der Waals surface area contributed by atoms with Crippen LogP contribution in [0.5, 0.6) is 5.95 Å². The second kappa shape index (κ2) is 9.49. The maximum absolute atomic E-state index is 12.9. The van der Waals surface area contributed by atoms with Crippen molar-refractivity contribution < 1.29 is 33.4 Å². The monoisotopic (exact) mass is 451 g/mol. The first-order chi connectivity index (χ1) is 15.9. The van der Waals surface area contributed by atoms with Crippen LogP contribution in [-0.2, 0) is 20.9 Å². The standard InChI is InChI=1S/C22H21N5O6/c23-20(29)14-6-8-15(9-7-14)24-19(28)12-18-21(30)26(10-11-32-18)13-17-22(31)33-25-27(17)16-4-2-1-3-5-16/h1-9,18H,10-13H2,(H3-,23,24,25,28,29,31). The Morgan fingerprint density at radius 3 is 2.61 bits per heavy atom. The topological polar surface area (TPSA) is 155 Å². The first-order valence-electron chi connectivity index (χ1n) is 10.2. The van der Waals surface area contributed by atoms with Crippen molar-refractivity contribution in [3.05, 3.63) is 65.9 Å². The van der Waals surface area contributed by atoms with Gasteiger partial charge in [0.2, 0.25) is 17.5 Å². The number of primary amides is 1. The number of morpholine rings is 1. The minimum Gasteiger partial charge on any atom is -0.539 e. The Labute approximate surface area is 188 Å². The number of rotatable bonds is 7. The molecule has 1 aliphatic heterocycles. The number of ether oxygens (including phenoxy) is 1. The van der Waals surface area contributed by atoms with Gasteiger partial charge in [-0.1, -0.05) is 18.2 Å². The lowest BCUT2D eigenvalue weighted by Gasteiger charge is -2.31. The quantitative estimate of drug-likeness (QED) is 0.475. The molecule has 1 atom stereocenters. The molecule has 2 aromatic carbocycles. The molecule has 1 aromatic heterocycles. The van der Waals surface area contributed by atoms with Crippen molar-refractivity contribution >= 4 is 23.4 Å². The number of carbonyl (C=O) groups is 3. The van der Waals surface area contributed by atoms with Gasteiger partial charge in [-0.3, -0.25) is 14.4 Å². The van der Waals surface area contributed by atoms with Crippen molar-refractivity contribution in [3.8, 4) is 11.6 Å². The fourth-order valence-corrected chi connectivity index (χ4v) is 3.44. The lowest BCUT2D eigenvalue weighted by Crippen LogP contribution is -2.50. The van der Waals surface area contributed by atoms with E-state index in [0.717, 1.165) is 0 Å². The Bertz CT molecular complexity index is 1160. The van der Waals surface area contributed by atoms with Gasteiger partial charge in [-0.2, -0.15) is 0 Å². The fraction of sp³-hybridized carbons (Fsp3) is 0.227. The average Bonchev–Trinajstić information content (AvgIpc) is 3.17. The summed E-state index contributed by atoms with van der Waals surface area (Å²) in [6, 6.07) is 15.0. The first-order valence-corrected chi connectivity index (χ1v) is 10.2. The molecule has 0 saturated carbocycles. The Morgan fingerprint density at radius 1 is 1.18 bits per heavy atom. The lowest BCUT2D eigenvalue weighted by molar-refractivity contribution is -0.678. The molecule has 1 unspecified atom stereocenters. The molecule has 0 aliphatic carbocycles. The highest BCUT2D eigenvalue weighted by molar-refractivity contribution is 5.96. The van der Waals surface area contributed by atoms with Gasteiger partial charge in [0.25, 0.3) is 11.6 Å². The summed E-state index contributed by atoms with van der Waals surface area (Å²) in [6.07, 6.45) is -1.21. The largest absolute Gasteiger partial charge is 0.539 e. The molecule has 3 amide bonds. The van der Waals surface area contributed by atoms with Crippen LogP contribution in [0.1, 0.15) is 22.5 Å². The molecule has 11 heteroatoms. The van der Waals surface area contributed by atoms with Crippen LogP contribution in [0.4, 0.5) is 5.69 Å². The molecule has 1 aliphatic rings. The van der Waals surface area contributed by atoms with E-state index in [1.165, 1.54) is 33.8 Å². The predicted molar refractivity (Wildman–Crippen MR) is 111 cm³/mol. The smallest absolute Gasteiger partial charge is 0.259 e.